The van der Waals surface area contributed by atoms with Crippen LogP contribution in [0.3, 0.4) is 0 Å². The van der Waals surface area contributed by atoms with E-state index in [1.54, 1.807) is 0 Å². The highest BCUT2D eigenvalue weighted by Gasteiger charge is 2.20. The van der Waals surface area contributed by atoms with Crippen molar-refractivity contribution < 1.29 is 24.5 Å². The lowest BCUT2D eigenvalue weighted by atomic mass is 10.0. The predicted molar refractivity (Wildman–Crippen MR) is 287 cm³/mol. The van der Waals surface area contributed by atoms with Gasteiger partial charge in [0.05, 0.1) is 25.4 Å². The monoisotopic (exact) mass is 932 g/mol. The van der Waals surface area contributed by atoms with E-state index in [4.69, 9.17) is 4.74 Å². The second-order valence-electron chi connectivity index (χ2n) is 20.7. The van der Waals surface area contributed by atoms with E-state index in [0.29, 0.717) is 25.9 Å². The molecule has 66 heavy (non-hydrogen) atoms. The van der Waals surface area contributed by atoms with Crippen molar-refractivity contribution in [2.24, 2.45) is 0 Å². The van der Waals surface area contributed by atoms with Crippen molar-refractivity contribution in [1.29, 1.82) is 0 Å². The fourth-order valence-electron chi connectivity index (χ4n) is 9.46. The molecule has 3 N–H and O–H groups in total. The van der Waals surface area contributed by atoms with Crippen molar-refractivity contribution in [3.63, 3.8) is 0 Å². The van der Waals surface area contributed by atoms with Crippen LogP contribution in [-0.4, -0.2) is 47.4 Å². The van der Waals surface area contributed by atoms with E-state index >= 15 is 0 Å². The first kappa shape index (κ1) is 64.6. The van der Waals surface area contributed by atoms with Gasteiger partial charge < -0.3 is 20.3 Å². The third kappa shape index (κ3) is 52.0. The Kier molecular flexibility index (Phi) is 55.0. The van der Waals surface area contributed by atoms with E-state index in [-0.39, 0.29) is 18.5 Å². The number of esters is 1. The number of amides is 1. The average molecular weight is 933 g/mol. The van der Waals surface area contributed by atoms with Gasteiger partial charge in [-0.2, -0.15) is 0 Å². The number of nitrogens with one attached hydrogen (secondary N) is 1. The first-order chi connectivity index (χ1) is 32.5. The molecule has 0 bridgehead atoms. The predicted octanol–water partition coefficient (Wildman–Crippen LogP) is 18.5. The standard InChI is InChI=1S/C60H117NO5/c1-3-5-7-9-11-13-15-17-19-22-26-30-34-38-42-46-50-54-60(65)66-55-51-47-43-39-35-31-27-24-21-20-23-25-29-33-37-41-45-49-53-59(64)61-57(56-62)58(63)52-48-44-40-36-32-28-18-16-14-12-10-8-6-4-2/h17,19,57-58,62-63H,3-16,18,20-56H2,1-2H3,(H,61,64)/b19-17-. The maximum atomic E-state index is 12.5. The average Bonchev–Trinajstić information content (AvgIpc) is 3.32. The first-order valence-corrected chi connectivity index (χ1v) is 29.9. The maximum Gasteiger partial charge on any atom is 0.305 e. The van der Waals surface area contributed by atoms with Crippen LogP contribution in [0.15, 0.2) is 12.2 Å². The summed E-state index contributed by atoms with van der Waals surface area (Å²) < 4.78 is 5.49. The number of aliphatic hydroxyl groups excluding tert-OH is 2. The van der Waals surface area contributed by atoms with Gasteiger partial charge in [0.15, 0.2) is 0 Å². The van der Waals surface area contributed by atoms with Crippen molar-refractivity contribution in [3.05, 3.63) is 12.2 Å². The molecule has 0 aliphatic carbocycles. The van der Waals surface area contributed by atoms with Crippen molar-refractivity contribution in [2.75, 3.05) is 13.2 Å². The fraction of sp³-hybridized carbons (Fsp3) is 0.933. The summed E-state index contributed by atoms with van der Waals surface area (Å²) in [5.74, 6) is -0.0325. The van der Waals surface area contributed by atoms with Gasteiger partial charge in [0.1, 0.15) is 0 Å². The number of allylic oxidation sites excluding steroid dienone is 2. The van der Waals surface area contributed by atoms with E-state index in [9.17, 15) is 19.8 Å². The summed E-state index contributed by atoms with van der Waals surface area (Å²) in [7, 11) is 0. The zero-order chi connectivity index (χ0) is 47.9. The van der Waals surface area contributed by atoms with Crippen LogP contribution in [0.1, 0.15) is 335 Å². The first-order valence-electron chi connectivity index (χ1n) is 29.9. The molecule has 0 fully saturated rings. The number of rotatable bonds is 56. The molecule has 0 aromatic rings. The van der Waals surface area contributed by atoms with Crippen LogP contribution < -0.4 is 5.32 Å². The largest absolute Gasteiger partial charge is 0.466 e. The Balaban J connectivity index is 3.38. The molecule has 0 aliphatic rings. The lowest BCUT2D eigenvalue weighted by molar-refractivity contribution is -0.143. The van der Waals surface area contributed by atoms with Crippen LogP contribution in [0.4, 0.5) is 0 Å². The van der Waals surface area contributed by atoms with Crippen LogP contribution >= 0.6 is 0 Å². The number of hydrogen-bond donors (Lipinski definition) is 3. The van der Waals surface area contributed by atoms with Crippen LogP contribution in [0.5, 0.6) is 0 Å². The van der Waals surface area contributed by atoms with Gasteiger partial charge >= 0.3 is 5.97 Å². The maximum absolute atomic E-state index is 12.5. The number of unbranched alkanes of at least 4 members (excludes halogenated alkanes) is 43. The van der Waals surface area contributed by atoms with Gasteiger partial charge in [-0.15, -0.1) is 0 Å². The Morgan fingerprint density at radius 3 is 1.08 bits per heavy atom. The highest BCUT2D eigenvalue weighted by molar-refractivity contribution is 5.76. The molecule has 0 aromatic carbocycles. The van der Waals surface area contributed by atoms with Crippen LogP contribution in [0.25, 0.3) is 0 Å². The van der Waals surface area contributed by atoms with Gasteiger partial charge in [-0.05, 0) is 51.4 Å². The molecule has 2 atom stereocenters. The molecule has 392 valence electrons. The molecule has 6 nitrogen and oxygen atoms in total. The summed E-state index contributed by atoms with van der Waals surface area (Å²) in [5.41, 5.74) is 0. The lowest BCUT2D eigenvalue weighted by Crippen LogP contribution is -2.45. The SMILES string of the molecule is CCCCCCCC/C=C\CCCCCCCCCC(=O)OCCCCCCCCCCCCCCCCCCCCC(=O)NC(CO)C(O)CCCCCCCCCCCCCCCC. The summed E-state index contributed by atoms with van der Waals surface area (Å²) >= 11 is 0. The molecule has 2 unspecified atom stereocenters. The van der Waals surface area contributed by atoms with E-state index in [2.05, 4.69) is 31.3 Å². The normalized spacial score (nSPS) is 12.6. The van der Waals surface area contributed by atoms with Gasteiger partial charge in [-0.1, -0.05) is 283 Å². The molecule has 6 heteroatoms. The minimum absolute atomic E-state index is 0.00468. The molecule has 1 amide bonds. The van der Waals surface area contributed by atoms with Crippen LogP contribution in [-0.2, 0) is 14.3 Å². The second-order valence-corrected chi connectivity index (χ2v) is 20.7. The minimum atomic E-state index is -0.666. The van der Waals surface area contributed by atoms with Gasteiger partial charge in [-0.25, -0.2) is 0 Å². The van der Waals surface area contributed by atoms with Crippen LogP contribution in [0, 0.1) is 0 Å². The summed E-state index contributed by atoms with van der Waals surface area (Å²) in [6, 6.07) is -0.543. The summed E-state index contributed by atoms with van der Waals surface area (Å²) in [6.07, 6.45) is 66.3. The van der Waals surface area contributed by atoms with Gasteiger partial charge in [0.2, 0.25) is 5.91 Å². The fourth-order valence-corrected chi connectivity index (χ4v) is 9.46. The zero-order valence-electron chi connectivity index (χ0n) is 44.7. The summed E-state index contributed by atoms with van der Waals surface area (Å²) in [6.45, 7) is 4.96. The zero-order valence-corrected chi connectivity index (χ0v) is 44.7. The molecule has 0 rings (SSSR count). The molecule has 0 heterocycles. The summed E-state index contributed by atoms with van der Waals surface area (Å²) in [5, 5.41) is 23.3. The molecular formula is C60H117NO5. The Morgan fingerprint density at radius 2 is 0.712 bits per heavy atom. The molecule has 0 aromatic heterocycles. The number of ether oxygens (including phenoxy) is 1. The topological polar surface area (TPSA) is 95.9 Å². The highest BCUT2D eigenvalue weighted by Crippen LogP contribution is 2.18. The van der Waals surface area contributed by atoms with Gasteiger partial charge in [0.25, 0.3) is 0 Å². The quantitative estimate of drug-likeness (QED) is 0.0321. The van der Waals surface area contributed by atoms with E-state index < -0.39 is 12.1 Å². The molecule has 0 spiro atoms. The summed E-state index contributed by atoms with van der Waals surface area (Å²) in [4.78, 5) is 24.5. The number of aliphatic hydroxyl groups is 2. The lowest BCUT2D eigenvalue weighted by Gasteiger charge is -2.22. The number of carbonyl (C=O) groups is 2. The van der Waals surface area contributed by atoms with Gasteiger partial charge in [-0.3, -0.25) is 9.59 Å². The third-order valence-electron chi connectivity index (χ3n) is 14.1. The second kappa shape index (κ2) is 56.2. The Labute approximate surface area is 412 Å². The molecule has 0 saturated heterocycles. The Bertz CT molecular complexity index is 986. The van der Waals surface area contributed by atoms with E-state index in [1.165, 1.54) is 257 Å². The number of carbonyl (C=O) groups excluding carboxylic acids is 2. The van der Waals surface area contributed by atoms with Crippen molar-refractivity contribution in [1.82, 2.24) is 5.32 Å². The third-order valence-corrected chi connectivity index (χ3v) is 14.1. The minimum Gasteiger partial charge on any atom is -0.466 e. The Hall–Kier alpha value is -1.40. The van der Waals surface area contributed by atoms with E-state index in [1.807, 2.05) is 0 Å². The van der Waals surface area contributed by atoms with Crippen LogP contribution in [0.2, 0.25) is 0 Å². The van der Waals surface area contributed by atoms with Crippen molar-refractivity contribution in [3.8, 4) is 0 Å². The van der Waals surface area contributed by atoms with Crippen molar-refractivity contribution in [2.45, 2.75) is 347 Å². The smallest absolute Gasteiger partial charge is 0.305 e. The van der Waals surface area contributed by atoms with E-state index in [0.717, 1.165) is 44.9 Å². The molecule has 0 radical (unpaired) electrons. The highest BCUT2D eigenvalue weighted by atomic mass is 16.5. The molecule has 0 aliphatic heterocycles. The van der Waals surface area contributed by atoms with Crippen molar-refractivity contribution >= 4 is 11.9 Å². The molecular weight excluding hydrogens is 815 g/mol. The Morgan fingerprint density at radius 1 is 0.409 bits per heavy atom. The number of hydrogen-bond acceptors (Lipinski definition) is 5. The van der Waals surface area contributed by atoms with Gasteiger partial charge in [0, 0.05) is 12.8 Å². The molecule has 0 saturated carbocycles.